The standard InChI is InChI=1S/C21H23N5O4/c1-28-16-6-4-15(5-7-16)21(8-9-21)20(27)25-11-12-29-17(13-25)14-30-26-19-18(23-24-26)3-2-10-22-19/h2-7,10,17H,8-9,11-14H2,1H3. The Bertz CT molecular complexity index is 1050. The van der Waals surface area contributed by atoms with Crippen molar-refractivity contribution in [2.75, 3.05) is 33.4 Å². The van der Waals surface area contributed by atoms with Crippen molar-refractivity contribution in [3.05, 3.63) is 48.2 Å². The Kier molecular flexibility index (Phi) is 4.74. The van der Waals surface area contributed by atoms with E-state index in [0.29, 0.717) is 30.9 Å². The molecule has 1 aromatic carbocycles. The Hall–Kier alpha value is -3.20. The van der Waals surface area contributed by atoms with E-state index in [9.17, 15) is 4.79 Å². The van der Waals surface area contributed by atoms with E-state index in [-0.39, 0.29) is 18.6 Å². The summed E-state index contributed by atoms with van der Waals surface area (Å²) < 4.78 is 11.1. The second-order valence-electron chi connectivity index (χ2n) is 7.66. The summed E-state index contributed by atoms with van der Waals surface area (Å²) in [5.74, 6) is 0.953. The summed E-state index contributed by atoms with van der Waals surface area (Å²) in [7, 11) is 1.64. The molecule has 3 aromatic rings. The molecule has 1 saturated heterocycles. The average Bonchev–Trinajstić information content (AvgIpc) is 3.52. The Balaban J connectivity index is 1.24. The molecule has 2 aliphatic rings. The molecule has 1 atom stereocenters. The smallest absolute Gasteiger partial charge is 0.233 e. The van der Waals surface area contributed by atoms with Gasteiger partial charge in [-0.3, -0.25) is 4.79 Å². The number of hydrogen-bond acceptors (Lipinski definition) is 7. The lowest BCUT2D eigenvalue weighted by Crippen LogP contribution is -2.51. The van der Waals surface area contributed by atoms with Crippen LogP contribution in [0, 0.1) is 0 Å². The number of hydrogen-bond donors (Lipinski definition) is 0. The van der Waals surface area contributed by atoms with Crippen molar-refractivity contribution < 1.29 is 19.1 Å². The van der Waals surface area contributed by atoms with Gasteiger partial charge in [-0.25, -0.2) is 4.98 Å². The van der Waals surface area contributed by atoms with Gasteiger partial charge in [0.15, 0.2) is 0 Å². The Morgan fingerprint density at radius 1 is 1.27 bits per heavy atom. The first-order valence-electron chi connectivity index (χ1n) is 10.0. The maximum absolute atomic E-state index is 13.4. The van der Waals surface area contributed by atoms with Crippen LogP contribution in [-0.4, -0.2) is 70.5 Å². The van der Waals surface area contributed by atoms with Gasteiger partial charge in [0.25, 0.3) is 0 Å². The Morgan fingerprint density at radius 2 is 2.10 bits per heavy atom. The number of carbonyl (C=O) groups is 1. The van der Waals surface area contributed by atoms with E-state index in [1.165, 1.54) is 4.85 Å². The van der Waals surface area contributed by atoms with Gasteiger partial charge in [0, 0.05) is 12.7 Å². The molecule has 0 radical (unpaired) electrons. The molecule has 1 unspecified atom stereocenters. The number of methoxy groups -OCH3 is 1. The van der Waals surface area contributed by atoms with Crippen molar-refractivity contribution >= 4 is 17.1 Å². The van der Waals surface area contributed by atoms with E-state index in [2.05, 4.69) is 15.3 Å². The SMILES string of the molecule is COc1ccc(C2(C(=O)N3CCOC(COn4nnc5cccnc54)C3)CC2)cc1. The molecule has 2 aromatic heterocycles. The third-order valence-corrected chi connectivity index (χ3v) is 5.79. The van der Waals surface area contributed by atoms with Crippen LogP contribution in [-0.2, 0) is 14.9 Å². The lowest BCUT2D eigenvalue weighted by molar-refractivity contribution is -0.144. The lowest BCUT2D eigenvalue weighted by atomic mass is 9.94. The molecule has 1 amide bonds. The minimum atomic E-state index is -0.416. The highest BCUT2D eigenvalue weighted by molar-refractivity contribution is 5.91. The molecule has 5 rings (SSSR count). The zero-order valence-corrected chi connectivity index (χ0v) is 16.7. The van der Waals surface area contributed by atoms with Crippen molar-refractivity contribution in [2.45, 2.75) is 24.4 Å². The van der Waals surface area contributed by atoms with Crippen LogP contribution in [0.1, 0.15) is 18.4 Å². The Labute approximate surface area is 173 Å². The summed E-state index contributed by atoms with van der Waals surface area (Å²) >= 11 is 0. The van der Waals surface area contributed by atoms with Gasteiger partial charge in [-0.1, -0.05) is 17.0 Å². The van der Waals surface area contributed by atoms with Crippen LogP contribution >= 0.6 is 0 Å². The summed E-state index contributed by atoms with van der Waals surface area (Å²) in [5.41, 5.74) is 1.85. The fraction of sp³-hybridized carbons (Fsp3) is 0.429. The van der Waals surface area contributed by atoms with Crippen LogP contribution in [0.25, 0.3) is 11.2 Å². The monoisotopic (exact) mass is 409 g/mol. The zero-order chi connectivity index (χ0) is 20.6. The van der Waals surface area contributed by atoms with Crippen LogP contribution in [0.2, 0.25) is 0 Å². The zero-order valence-electron chi connectivity index (χ0n) is 16.7. The predicted octanol–water partition coefficient (Wildman–Crippen LogP) is 1.22. The number of nitrogens with zero attached hydrogens (tertiary/aromatic N) is 5. The van der Waals surface area contributed by atoms with Crippen molar-refractivity contribution in [3.63, 3.8) is 0 Å². The molecule has 1 saturated carbocycles. The number of pyridine rings is 1. The molecule has 1 aliphatic carbocycles. The molecule has 9 heteroatoms. The van der Waals surface area contributed by atoms with Gasteiger partial charge in [-0.2, -0.15) is 0 Å². The number of fused-ring (bicyclic) bond motifs is 1. The summed E-state index contributed by atoms with van der Waals surface area (Å²) in [6, 6.07) is 11.4. The van der Waals surface area contributed by atoms with Crippen molar-refractivity contribution in [1.29, 1.82) is 0 Å². The second-order valence-corrected chi connectivity index (χ2v) is 7.66. The molecule has 0 spiro atoms. The van der Waals surface area contributed by atoms with Gasteiger partial charge in [0.2, 0.25) is 11.6 Å². The molecule has 1 aliphatic heterocycles. The second kappa shape index (κ2) is 7.56. The summed E-state index contributed by atoms with van der Waals surface area (Å²) in [6.07, 6.45) is 3.16. The first kappa shape index (κ1) is 18.8. The number of benzene rings is 1. The summed E-state index contributed by atoms with van der Waals surface area (Å²) in [5, 5.41) is 8.00. The molecule has 0 N–H and O–H groups in total. The fourth-order valence-electron chi connectivity index (χ4n) is 3.95. The van der Waals surface area contributed by atoms with Gasteiger partial charge < -0.3 is 19.2 Å². The van der Waals surface area contributed by atoms with Crippen LogP contribution in [0.3, 0.4) is 0 Å². The maximum Gasteiger partial charge on any atom is 0.233 e. The van der Waals surface area contributed by atoms with Crippen molar-refractivity contribution in [3.8, 4) is 5.75 Å². The average molecular weight is 409 g/mol. The van der Waals surface area contributed by atoms with Crippen molar-refractivity contribution in [2.24, 2.45) is 0 Å². The highest BCUT2D eigenvalue weighted by Crippen LogP contribution is 2.50. The number of carbonyl (C=O) groups excluding carboxylic acids is 1. The molecule has 9 nitrogen and oxygen atoms in total. The van der Waals surface area contributed by atoms with E-state index in [4.69, 9.17) is 14.3 Å². The van der Waals surface area contributed by atoms with Gasteiger partial charge in [0.1, 0.15) is 24.0 Å². The molecule has 156 valence electrons. The third-order valence-electron chi connectivity index (χ3n) is 5.79. The van der Waals surface area contributed by atoms with Gasteiger partial charge in [-0.15, -0.1) is 5.10 Å². The summed E-state index contributed by atoms with van der Waals surface area (Å²) in [4.78, 5) is 26.5. The van der Waals surface area contributed by atoms with Gasteiger partial charge >= 0.3 is 0 Å². The van der Waals surface area contributed by atoms with E-state index < -0.39 is 5.41 Å². The largest absolute Gasteiger partial charge is 0.497 e. The van der Waals surface area contributed by atoms with Crippen molar-refractivity contribution in [1.82, 2.24) is 25.0 Å². The van der Waals surface area contributed by atoms with Gasteiger partial charge in [-0.05, 0) is 47.9 Å². The third kappa shape index (κ3) is 3.35. The quantitative estimate of drug-likeness (QED) is 0.605. The summed E-state index contributed by atoms with van der Waals surface area (Å²) in [6.45, 7) is 1.81. The topological polar surface area (TPSA) is 91.6 Å². The van der Waals surface area contributed by atoms with Crippen LogP contribution < -0.4 is 9.57 Å². The fourth-order valence-corrected chi connectivity index (χ4v) is 3.95. The molecular weight excluding hydrogens is 386 g/mol. The minimum absolute atomic E-state index is 0.161. The van der Waals surface area contributed by atoms with Crippen LogP contribution in [0.4, 0.5) is 0 Å². The molecule has 0 bridgehead atoms. The van der Waals surface area contributed by atoms with E-state index in [0.717, 1.165) is 24.2 Å². The Morgan fingerprint density at radius 3 is 2.87 bits per heavy atom. The number of aromatic nitrogens is 4. The highest BCUT2D eigenvalue weighted by atomic mass is 16.7. The molecule has 2 fully saturated rings. The normalized spacial score (nSPS) is 20.2. The van der Waals surface area contributed by atoms with Gasteiger partial charge in [0.05, 0.1) is 25.7 Å². The maximum atomic E-state index is 13.4. The van der Waals surface area contributed by atoms with Crippen LogP contribution in [0.5, 0.6) is 5.75 Å². The number of morpholine rings is 1. The van der Waals surface area contributed by atoms with E-state index >= 15 is 0 Å². The number of amides is 1. The first-order valence-corrected chi connectivity index (χ1v) is 10.0. The minimum Gasteiger partial charge on any atom is -0.497 e. The lowest BCUT2D eigenvalue weighted by Gasteiger charge is -2.35. The van der Waals surface area contributed by atoms with E-state index in [1.807, 2.05) is 35.2 Å². The first-order chi connectivity index (χ1) is 14.7. The number of ether oxygens (including phenoxy) is 2. The molecular formula is C21H23N5O4. The predicted molar refractivity (Wildman–Crippen MR) is 107 cm³/mol. The highest BCUT2D eigenvalue weighted by Gasteiger charge is 2.53. The molecule has 3 heterocycles. The molecule has 30 heavy (non-hydrogen) atoms. The van der Waals surface area contributed by atoms with Crippen LogP contribution in [0.15, 0.2) is 42.6 Å². The number of rotatable bonds is 6. The van der Waals surface area contributed by atoms with E-state index in [1.54, 1.807) is 19.4 Å².